The summed E-state index contributed by atoms with van der Waals surface area (Å²) in [6.45, 7) is 2.45. The zero-order chi connectivity index (χ0) is 5.82. The summed E-state index contributed by atoms with van der Waals surface area (Å²) >= 11 is 3.25. The molecule has 0 saturated carbocycles. The van der Waals surface area contributed by atoms with Gasteiger partial charge in [-0.05, 0) is 0 Å². The standard InChI is InChI=1S/C5H9BrO2/c6-1-2-7-3-5-4-8-5/h5H,1-4H2. The summed E-state index contributed by atoms with van der Waals surface area (Å²) in [5.74, 6) is 0. The lowest BCUT2D eigenvalue weighted by Crippen LogP contribution is -2.02. The van der Waals surface area contributed by atoms with Crippen LogP contribution in [-0.2, 0) is 9.47 Å². The van der Waals surface area contributed by atoms with E-state index in [1.807, 2.05) is 0 Å². The highest BCUT2D eigenvalue weighted by Crippen LogP contribution is 2.07. The van der Waals surface area contributed by atoms with Crippen LogP contribution in [0.15, 0.2) is 0 Å². The predicted octanol–water partition coefficient (Wildman–Crippen LogP) is 0.797. The molecule has 1 heterocycles. The van der Waals surface area contributed by atoms with Gasteiger partial charge in [-0.3, -0.25) is 0 Å². The second kappa shape index (κ2) is 3.43. The molecule has 0 aromatic carbocycles. The van der Waals surface area contributed by atoms with Gasteiger partial charge < -0.3 is 9.47 Å². The average molecular weight is 181 g/mol. The number of alkyl halides is 1. The number of rotatable bonds is 4. The minimum Gasteiger partial charge on any atom is -0.378 e. The molecule has 1 atom stereocenters. The van der Waals surface area contributed by atoms with Crippen molar-refractivity contribution in [2.45, 2.75) is 6.10 Å². The van der Waals surface area contributed by atoms with Gasteiger partial charge >= 0.3 is 0 Å². The third-order valence-corrected chi connectivity index (χ3v) is 1.25. The zero-order valence-corrected chi connectivity index (χ0v) is 6.19. The number of hydrogen-bond acceptors (Lipinski definition) is 2. The van der Waals surface area contributed by atoms with E-state index in [0.717, 1.165) is 25.2 Å². The SMILES string of the molecule is BrCCOCC1CO1. The zero-order valence-electron chi connectivity index (χ0n) is 4.60. The van der Waals surface area contributed by atoms with Crippen molar-refractivity contribution in [3.8, 4) is 0 Å². The van der Waals surface area contributed by atoms with Crippen molar-refractivity contribution < 1.29 is 9.47 Å². The van der Waals surface area contributed by atoms with E-state index in [1.165, 1.54) is 0 Å². The summed E-state index contributed by atoms with van der Waals surface area (Å²) in [5, 5.41) is 0.916. The Balaban J connectivity index is 1.74. The molecule has 0 spiro atoms. The summed E-state index contributed by atoms with van der Waals surface area (Å²) in [6, 6.07) is 0. The van der Waals surface area contributed by atoms with E-state index in [-0.39, 0.29) is 0 Å². The molecule has 0 N–H and O–H groups in total. The van der Waals surface area contributed by atoms with E-state index in [4.69, 9.17) is 9.47 Å². The Morgan fingerprint density at radius 1 is 1.75 bits per heavy atom. The largest absolute Gasteiger partial charge is 0.378 e. The van der Waals surface area contributed by atoms with Crippen LogP contribution in [0.5, 0.6) is 0 Å². The third kappa shape index (κ3) is 2.64. The fourth-order valence-electron chi connectivity index (χ4n) is 0.434. The highest BCUT2D eigenvalue weighted by atomic mass is 79.9. The molecule has 0 aromatic heterocycles. The Kier molecular flexibility index (Phi) is 2.80. The van der Waals surface area contributed by atoms with E-state index < -0.39 is 0 Å². The first-order valence-electron chi connectivity index (χ1n) is 2.69. The predicted molar refractivity (Wildman–Crippen MR) is 34.4 cm³/mol. The first-order valence-corrected chi connectivity index (χ1v) is 3.81. The summed E-state index contributed by atoms with van der Waals surface area (Å²) < 4.78 is 10.0. The summed E-state index contributed by atoms with van der Waals surface area (Å²) in [7, 11) is 0. The van der Waals surface area contributed by atoms with E-state index in [9.17, 15) is 0 Å². The quantitative estimate of drug-likeness (QED) is 0.363. The summed E-state index contributed by atoms with van der Waals surface area (Å²) in [4.78, 5) is 0. The molecule has 2 nitrogen and oxygen atoms in total. The van der Waals surface area contributed by atoms with Crippen LogP contribution in [0, 0.1) is 0 Å². The van der Waals surface area contributed by atoms with E-state index in [2.05, 4.69) is 15.9 Å². The Bertz CT molecular complexity index is 63.4. The molecule has 8 heavy (non-hydrogen) atoms. The van der Waals surface area contributed by atoms with Crippen molar-refractivity contribution in [2.75, 3.05) is 25.2 Å². The minimum absolute atomic E-state index is 0.411. The molecule has 1 fully saturated rings. The van der Waals surface area contributed by atoms with E-state index >= 15 is 0 Å². The highest BCUT2D eigenvalue weighted by molar-refractivity contribution is 9.09. The van der Waals surface area contributed by atoms with E-state index in [0.29, 0.717) is 6.10 Å². The fraction of sp³-hybridized carbons (Fsp3) is 1.00. The second-order valence-electron chi connectivity index (χ2n) is 1.72. The molecule has 0 aromatic rings. The van der Waals surface area contributed by atoms with Crippen molar-refractivity contribution >= 4 is 15.9 Å². The molecule has 0 bridgehead atoms. The normalized spacial score (nSPS) is 25.9. The van der Waals surface area contributed by atoms with Crippen LogP contribution in [0.2, 0.25) is 0 Å². The molecule has 1 saturated heterocycles. The molecule has 3 heteroatoms. The molecular formula is C5H9BrO2. The lowest BCUT2D eigenvalue weighted by Gasteiger charge is -1.94. The van der Waals surface area contributed by atoms with Crippen LogP contribution < -0.4 is 0 Å². The number of hydrogen-bond donors (Lipinski definition) is 0. The maximum atomic E-state index is 5.13. The molecular weight excluding hydrogens is 172 g/mol. The first-order chi connectivity index (χ1) is 3.93. The van der Waals surface area contributed by atoms with Crippen LogP contribution in [0.1, 0.15) is 0 Å². The smallest absolute Gasteiger partial charge is 0.104 e. The molecule has 0 radical (unpaired) electrons. The third-order valence-electron chi connectivity index (χ3n) is 0.928. The Morgan fingerprint density at radius 3 is 3.00 bits per heavy atom. The van der Waals surface area contributed by atoms with Gasteiger partial charge in [-0.25, -0.2) is 0 Å². The molecule has 1 aliphatic rings. The maximum absolute atomic E-state index is 5.13. The Labute approximate surface area is 57.3 Å². The van der Waals surface area contributed by atoms with Crippen molar-refractivity contribution in [3.63, 3.8) is 0 Å². The monoisotopic (exact) mass is 180 g/mol. The first kappa shape index (κ1) is 6.52. The van der Waals surface area contributed by atoms with Gasteiger partial charge in [-0.15, -0.1) is 0 Å². The van der Waals surface area contributed by atoms with Crippen LogP contribution in [-0.4, -0.2) is 31.3 Å². The van der Waals surface area contributed by atoms with Gasteiger partial charge in [-0.1, -0.05) is 15.9 Å². The van der Waals surface area contributed by atoms with Gasteiger partial charge in [0.25, 0.3) is 0 Å². The van der Waals surface area contributed by atoms with E-state index in [1.54, 1.807) is 0 Å². The van der Waals surface area contributed by atoms with Crippen LogP contribution in [0.25, 0.3) is 0 Å². The number of ether oxygens (including phenoxy) is 2. The second-order valence-corrected chi connectivity index (χ2v) is 2.51. The van der Waals surface area contributed by atoms with Crippen LogP contribution in [0.4, 0.5) is 0 Å². The van der Waals surface area contributed by atoms with Gasteiger partial charge in [0.2, 0.25) is 0 Å². The van der Waals surface area contributed by atoms with Crippen LogP contribution in [0.3, 0.4) is 0 Å². The van der Waals surface area contributed by atoms with Gasteiger partial charge in [0.1, 0.15) is 6.10 Å². The Morgan fingerprint density at radius 2 is 2.50 bits per heavy atom. The average Bonchev–Trinajstić information content (AvgIpc) is 2.51. The molecule has 1 rings (SSSR count). The van der Waals surface area contributed by atoms with Gasteiger partial charge in [0, 0.05) is 5.33 Å². The molecule has 48 valence electrons. The topological polar surface area (TPSA) is 21.8 Å². The van der Waals surface area contributed by atoms with Crippen molar-refractivity contribution in [1.82, 2.24) is 0 Å². The van der Waals surface area contributed by atoms with Gasteiger partial charge in [0.05, 0.1) is 19.8 Å². The van der Waals surface area contributed by atoms with Crippen molar-refractivity contribution in [2.24, 2.45) is 0 Å². The lowest BCUT2D eigenvalue weighted by molar-refractivity contribution is 0.131. The maximum Gasteiger partial charge on any atom is 0.104 e. The lowest BCUT2D eigenvalue weighted by atomic mass is 10.5. The minimum atomic E-state index is 0.411. The van der Waals surface area contributed by atoms with Crippen molar-refractivity contribution in [1.29, 1.82) is 0 Å². The van der Waals surface area contributed by atoms with Gasteiger partial charge in [-0.2, -0.15) is 0 Å². The van der Waals surface area contributed by atoms with Gasteiger partial charge in [0.15, 0.2) is 0 Å². The number of halogens is 1. The summed E-state index contributed by atoms with van der Waals surface area (Å²) in [6.07, 6.45) is 0.411. The molecule has 0 aliphatic carbocycles. The Hall–Kier alpha value is 0.400. The fourth-order valence-corrected chi connectivity index (χ4v) is 0.663. The highest BCUT2D eigenvalue weighted by Gasteiger charge is 2.21. The molecule has 0 amide bonds. The number of epoxide rings is 1. The van der Waals surface area contributed by atoms with Crippen LogP contribution >= 0.6 is 15.9 Å². The van der Waals surface area contributed by atoms with Crippen molar-refractivity contribution in [3.05, 3.63) is 0 Å². The molecule has 1 unspecified atom stereocenters. The summed E-state index contributed by atoms with van der Waals surface area (Å²) in [5.41, 5.74) is 0. The molecule has 1 aliphatic heterocycles.